The highest BCUT2D eigenvalue weighted by atomic mass is 35.5. The van der Waals surface area contributed by atoms with Crippen molar-refractivity contribution in [3.05, 3.63) is 28.8 Å². The van der Waals surface area contributed by atoms with Gasteiger partial charge in [0, 0.05) is 36.1 Å². The Morgan fingerprint density at radius 1 is 1.33 bits per heavy atom. The van der Waals surface area contributed by atoms with Crippen LogP contribution in [0.1, 0.15) is 31.7 Å². The monoisotopic (exact) mass is 308 g/mol. The van der Waals surface area contributed by atoms with E-state index in [2.05, 4.69) is 5.32 Å². The topological polar surface area (TPSA) is 49.4 Å². The molecule has 5 heteroatoms. The second-order valence-corrected chi connectivity index (χ2v) is 5.82. The Morgan fingerprint density at radius 3 is 2.62 bits per heavy atom. The van der Waals surface area contributed by atoms with Crippen LogP contribution in [0, 0.1) is 12.8 Å². The van der Waals surface area contributed by atoms with Crippen LogP contribution in [0.2, 0.25) is 5.02 Å². The van der Waals surface area contributed by atoms with Gasteiger partial charge in [-0.15, -0.1) is 0 Å². The van der Waals surface area contributed by atoms with E-state index < -0.39 is 0 Å². The first kappa shape index (κ1) is 15.8. The van der Waals surface area contributed by atoms with Gasteiger partial charge < -0.3 is 10.2 Å². The fourth-order valence-electron chi connectivity index (χ4n) is 2.59. The summed E-state index contributed by atoms with van der Waals surface area (Å²) in [5.41, 5.74) is 1.64. The van der Waals surface area contributed by atoms with E-state index in [0.717, 1.165) is 24.1 Å². The number of carbonyl (C=O) groups excluding carboxylic acids is 2. The Kier molecular flexibility index (Phi) is 5.23. The molecule has 21 heavy (non-hydrogen) atoms. The first-order valence-electron chi connectivity index (χ1n) is 7.36. The van der Waals surface area contributed by atoms with E-state index in [4.69, 9.17) is 11.6 Å². The predicted octanol–water partition coefficient (Wildman–Crippen LogP) is 3.24. The summed E-state index contributed by atoms with van der Waals surface area (Å²) < 4.78 is 0. The van der Waals surface area contributed by atoms with Gasteiger partial charge in [0.15, 0.2) is 0 Å². The number of likely N-dealkylation sites (tertiary alicyclic amines) is 1. The maximum Gasteiger partial charge on any atom is 0.227 e. The number of anilines is 1. The Labute approximate surface area is 130 Å². The molecular formula is C16H21ClN2O2. The average molecular weight is 309 g/mol. The maximum absolute atomic E-state index is 12.3. The Balaban J connectivity index is 1.93. The summed E-state index contributed by atoms with van der Waals surface area (Å²) >= 11 is 6.06. The molecule has 4 nitrogen and oxygen atoms in total. The van der Waals surface area contributed by atoms with Gasteiger partial charge in [0.1, 0.15) is 0 Å². The molecule has 0 unspecified atom stereocenters. The Hall–Kier alpha value is -1.55. The molecule has 2 rings (SSSR count). The Morgan fingerprint density at radius 2 is 2.00 bits per heavy atom. The summed E-state index contributed by atoms with van der Waals surface area (Å²) in [6.45, 7) is 5.09. The third-order valence-corrected chi connectivity index (χ3v) is 4.46. The molecule has 0 saturated carbocycles. The van der Waals surface area contributed by atoms with Crippen molar-refractivity contribution >= 4 is 29.1 Å². The summed E-state index contributed by atoms with van der Waals surface area (Å²) in [5, 5.41) is 3.60. The van der Waals surface area contributed by atoms with E-state index in [9.17, 15) is 9.59 Å². The molecule has 0 bridgehead atoms. The number of nitrogens with one attached hydrogen (secondary N) is 1. The first-order valence-corrected chi connectivity index (χ1v) is 7.74. The van der Waals surface area contributed by atoms with Crippen LogP contribution in [0.15, 0.2) is 18.2 Å². The largest absolute Gasteiger partial charge is 0.343 e. The number of benzene rings is 1. The molecule has 1 aromatic carbocycles. The van der Waals surface area contributed by atoms with Crippen LogP contribution >= 0.6 is 11.6 Å². The van der Waals surface area contributed by atoms with Crippen LogP contribution in [0.25, 0.3) is 0 Å². The number of nitrogens with zero attached hydrogens (tertiary/aromatic N) is 1. The number of hydrogen-bond donors (Lipinski definition) is 1. The standard InChI is InChI=1S/C16H21ClN2O2/c1-3-15(20)19-9-7-12(8-10-19)16(21)18-14-6-4-5-13(17)11(14)2/h4-6,12H,3,7-10H2,1-2H3,(H,18,21). The van der Waals surface area contributed by atoms with Crippen LogP contribution in [0.5, 0.6) is 0 Å². The molecule has 1 aromatic rings. The van der Waals surface area contributed by atoms with Gasteiger partial charge in [0.25, 0.3) is 0 Å². The van der Waals surface area contributed by atoms with Gasteiger partial charge in [0.05, 0.1) is 0 Å². The van der Waals surface area contributed by atoms with Gasteiger partial charge in [-0.2, -0.15) is 0 Å². The second-order valence-electron chi connectivity index (χ2n) is 5.41. The fraction of sp³-hybridized carbons (Fsp3) is 0.500. The fourth-order valence-corrected chi connectivity index (χ4v) is 2.77. The molecule has 1 N–H and O–H groups in total. The maximum atomic E-state index is 12.3. The highest BCUT2D eigenvalue weighted by Crippen LogP contribution is 2.25. The number of rotatable bonds is 3. The number of carbonyl (C=O) groups is 2. The van der Waals surface area contributed by atoms with Gasteiger partial charge in [0.2, 0.25) is 11.8 Å². The zero-order chi connectivity index (χ0) is 15.4. The molecular weight excluding hydrogens is 288 g/mol. The lowest BCUT2D eigenvalue weighted by molar-refractivity contribution is -0.134. The lowest BCUT2D eigenvalue weighted by atomic mass is 9.95. The van der Waals surface area contributed by atoms with Crippen molar-refractivity contribution in [2.75, 3.05) is 18.4 Å². The van der Waals surface area contributed by atoms with Gasteiger partial charge in [-0.3, -0.25) is 9.59 Å². The van der Waals surface area contributed by atoms with E-state index in [1.165, 1.54) is 0 Å². The van der Waals surface area contributed by atoms with Gasteiger partial charge in [-0.25, -0.2) is 0 Å². The molecule has 1 aliphatic rings. The molecule has 0 radical (unpaired) electrons. The van der Waals surface area contributed by atoms with E-state index in [-0.39, 0.29) is 17.7 Å². The molecule has 0 aromatic heterocycles. The molecule has 114 valence electrons. The van der Waals surface area contributed by atoms with Gasteiger partial charge in [-0.05, 0) is 37.5 Å². The smallest absolute Gasteiger partial charge is 0.227 e. The predicted molar refractivity (Wildman–Crippen MR) is 84.4 cm³/mol. The van der Waals surface area contributed by atoms with Gasteiger partial charge in [-0.1, -0.05) is 24.6 Å². The van der Waals surface area contributed by atoms with E-state index in [1.54, 1.807) is 6.07 Å². The van der Waals surface area contributed by atoms with E-state index in [1.807, 2.05) is 30.9 Å². The van der Waals surface area contributed by atoms with Crippen molar-refractivity contribution in [2.45, 2.75) is 33.1 Å². The zero-order valence-corrected chi connectivity index (χ0v) is 13.2. The van der Waals surface area contributed by atoms with Crippen molar-refractivity contribution in [1.82, 2.24) is 4.90 Å². The number of piperidine rings is 1. The third kappa shape index (κ3) is 3.76. The molecule has 1 aliphatic heterocycles. The highest BCUT2D eigenvalue weighted by Gasteiger charge is 2.26. The van der Waals surface area contributed by atoms with Crippen LogP contribution in [-0.2, 0) is 9.59 Å². The minimum atomic E-state index is -0.0377. The summed E-state index contributed by atoms with van der Waals surface area (Å²) in [6, 6.07) is 5.49. The number of halogens is 1. The second kappa shape index (κ2) is 6.94. The van der Waals surface area contributed by atoms with E-state index >= 15 is 0 Å². The summed E-state index contributed by atoms with van der Waals surface area (Å²) in [7, 11) is 0. The lowest BCUT2D eigenvalue weighted by Gasteiger charge is -2.31. The first-order chi connectivity index (χ1) is 10.0. The minimum absolute atomic E-state index is 0.0176. The van der Waals surface area contributed by atoms with Crippen molar-refractivity contribution in [2.24, 2.45) is 5.92 Å². The van der Waals surface area contributed by atoms with Gasteiger partial charge >= 0.3 is 0 Å². The quantitative estimate of drug-likeness (QED) is 0.932. The molecule has 2 amide bonds. The molecule has 0 atom stereocenters. The van der Waals surface area contributed by atoms with Crippen molar-refractivity contribution in [3.63, 3.8) is 0 Å². The Bertz CT molecular complexity index is 537. The molecule has 0 aliphatic carbocycles. The zero-order valence-electron chi connectivity index (χ0n) is 12.5. The summed E-state index contributed by atoms with van der Waals surface area (Å²) in [5.74, 6) is 0.146. The molecule has 1 saturated heterocycles. The molecule has 0 spiro atoms. The van der Waals surface area contributed by atoms with E-state index in [0.29, 0.717) is 24.5 Å². The SMILES string of the molecule is CCC(=O)N1CCC(C(=O)Nc2cccc(Cl)c2C)CC1. The highest BCUT2D eigenvalue weighted by molar-refractivity contribution is 6.31. The third-order valence-electron chi connectivity index (χ3n) is 4.05. The van der Waals surface area contributed by atoms with Crippen LogP contribution in [-0.4, -0.2) is 29.8 Å². The number of hydrogen-bond acceptors (Lipinski definition) is 2. The number of amides is 2. The lowest BCUT2D eigenvalue weighted by Crippen LogP contribution is -2.41. The van der Waals surface area contributed by atoms with Crippen LogP contribution in [0.4, 0.5) is 5.69 Å². The van der Waals surface area contributed by atoms with Crippen LogP contribution in [0.3, 0.4) is 0 Å². The molecule has 1 fully saturated rings. The normalized spacial score (nSPS) is 15.9. The minimum Gasteiger partial charge on any atom is -0.343 e. The summed E-state index contributed by atoms with van der Waals surface area (Å²) in [4.78, 5) is 25.8. The van der Waals surface area contributed by atoms with Crippen molar-refractivity contribution in [3.8, 4) is 0 Å². The summed E-state index contributed by atoms with van der Waals surface area (Å²) in [6.07, 6.45) is 1.97. The average Bonchev–Trinajstić information content (AvgIpc) is 2.51. The van der Waals surface area contributed by atoms with Crippen molar-refractivity contribution < 1.29 is 9.59 Å². The van der Waals surface area contributed by atoms with Crippen molar-refractivity contribution in [1.29, 1.82) is 0 Å². The van der Waals surface area contributed by atoms with Crippen LogP contribution < -0.4 is 5.32 Å². The molecule has 1 heterocycles.